The van der Waals surface area contributed by atoms with Gasteiger partial charge in [0.15, 0.2) is 0 Å². The highest BCUT2D eigenvalue weighted by Crippen LogP contribution is 2.29. The maximum absolute atomic E-state index is 12.3. The molecule has 3 heterocycles. The zero-order valence-corrected chi connectivity index (χ0v) is 18.4. The second kappa shape index (κ2) is 9.43. The van der Waals surface area contributed by atoms with E-state index < -0.39 is 0 Å². The lowest BCUT2D eigenvalue weighted by molar-refractivity contribution is 0.390. The fourth-order valence-electron chi connectivity index (χ4n) is 2.59. The molecule has 0 spiro atoms. The summed E-state index contributed by atoms with van der Waals surface area (Å²) in [4.78, 5) is 23.0. The SMILES string of the molecule is COc1ccc(Sc2cc(N(C)C)nc(Oc3ccc(=O)n(-c4ccccc4)n3)n2)nn1. The van der Waals surface area contributed by atoms with Crippen molar-refractivity contribution in [2.75, 3.05) is 26.1 Å². The van der Waals surface area contributed by atoms with Crippen molar-refractivity contribution in [3.63, 3.8) is 0 Å². The molecule has 10 nitrogen and oxygen atoms in total. The molecule has 0 saturated carbocycles. The van der Waals surface area contributed by atoms with Gasteiger partial charge in [-0.1, -0.05) is 18.2 Å². The molecule has 3 aromatic heterocycles. The molecule has 32 heavy (non-hydrogen) atoms. The van der Waals surface area contributed by atoms with Crippen LogP contribution in [0.25, 0.3) is 5.69 Å². The smallest absolute Gasteiger partial charge is 0.326 e. The van der Waals surface area contributed by atoms with E-state index in [1.165, 1.54) is 35.7 Å². The first-order valence-electron chi connectivity index (χ1n) is 9.47. The van der Waals surface area contributed by atoms with Crippen LogP contribution in [0, 0.1) is 0 Å². The van der Waals surface area contributed by atoms with Crippen LogP contribution in [-0.4, -0.2) is 51.2 Å². The summed E-state index contributed by atoms with van der Waals surface area (Å²) in [5.74, 6) is 1.24. The van der Waals surface area contributed by atoms with Crippen LogP contribution in [0.5, 0.6) is 17.8 Å². The first-order valence-corrected chi connectivity index (χ1v) is 10.3. The topological polar surface area (TPSA) is 108 Å². The molecule has 0 amide bonds. The van der Waals surface area contributed by atoms with Crippen molar-refractivity contribution in [3.05, 3.63) is 71.0 Å². The van der Waals surface area contributed by atoms with Gasteiger partial charge in [0, 0.05) is 38.4 Å². The van der Waals surface area contributed by atoms with Crippen molar-refractivity contribution in [2.45, 2.75) is 10.1 Å². The van der Waals surface area contributed by atoms with E-state index in [0.29, 0.717) is 27.4 Å². The predicted octanol–water partition coefficient (Wildman–Crippen LogP) is 2.83. The summed E-state index contributed by atoms with van der Waals surface area (Å²) in [6, 6.07) is 17.3. The average Bonchev–Trinajstić information content (AvgIpc) is 2.81. The number of anilines is 1. The van der Waals surface area contributed by atoms with E-state index in [1.54, 1.807) is 24.3 Å². The Labute approximate surface area is 187 Å². The molecule has 0 aliphatic carbocycles. The Bertz CT molecular complexity index is 1260. The van der Waals surface area contributed by atoms with Gasteiger partial charge in [0.25, 0.3) is 5.56 Å². The Morgan fingerprint density at radius 3 is 2.38 bits per heavy atom. The van der Waals surface area contributed by atoms with Crippen LogP contribution in [0.4, 0.5) is 5.82 Å². The highest BCUT2D eigenvalue weighted by molar-refractivity contribution is 7.99. The van der Waals surface area contributed by atoms with Gasteiger partial charge in [-0.2, -0.15) is 14.6 Å². The second-order valence-electron chi connectivity index (χ2n) is 6.62. The lowest BCUT2D eigenvalue weighted by atomic mass is 10.3. The Morgan fingerprint density at radius 2 is 1.69 bits per heavy atom. The number of aromatic nitrogens is 6. The van der Waals surface area contributed by atoms with Gasteiger partial charge in [-0.15, -0.1) is 15.3 Å². The number of hydrogen-bond donors (Lipinski definition) is 0. The third-order valence-corrected chi connectivity index (χ3v) is 4.98. The summed E-state index contributed by atoms with van der Waals surface area (Å²) in [6.07, 6.45) is 0. The average molecular weight is 449 g/mol. The molecule has 0 aliphatic rings. The summed E-state index contributed by atoms with van der Waals surface area (Å²) in [5, 5.41) is 13.6. The minimum absolute atomic E-state index is 0.0888. The maximum atomic E-state index is 12.3. The molecule has 0 unspecified atom stereocenters. The van der Waals surface area contributed by atoms with Gasteiger partial charge in [-0.05, 0) is 30.0 Å². The molecule has 0 bridgehead atoms. The number of ether oxygens (including phenoxy) is 2. The molecule has 4 aromatic rings. The molecule has 0 radical (unpaired) electrons. The van der Waals surface area contributed by atoms with E-state index in [1.807, 2.05) is 43.3 Å². The van der Waals surface area contributed by atoms with Gasteiger partial charge in [-0.3, -0.25) is 4.79 Å². The second-order valence-corrected chi connectivity index (χ2v) is 7.66. The van der Waals surface area contributed by atoms with E-state index >= 15 is 0 Å². The first-order chi connectivity index (χ1) is 15.5. The molecular formula is C21H19N7O3S. The van der Waals surface area contributed by atoms with Crippen molar-refractivity contribution >= 4 is 17.6 Å². The number of methoxy groups -OCH3 is 1. The minimum Gasteiger partial charge on any atom is -0.480 e. The minimum atomic E-state index is -0.277. The monoisotopic (exact) mass is 449 g/mol. The van der Waals surface area contributed by atoms with Gasteiger partial charge in [0.05, 0.1) is 12.8 Å². The van der Waals surface area contributed by atoms with Crippen LogP contribution in [0.3, 0.4) is 0 Å². The summed E-state index contributed by atoms with van der Waals surface area (Å²) < 4.78 is 12.1. The van der Waals surface area contributed by atoms with Crippen LogP contribution in [0.2, 0.25) is 0 Å². The summed E-state index contributed by atoms with van der Waals surface area (Å²) in [5.41, 5.74) is 0.348. The molecule has 0 aliphatic heterocycles. The number of nitrogens with zero attached hydrogens (tertiary/aromatic N) is 7. The van der Waals surface area contributed by atoms with E-state index in [9.17, 15) is 4.79 Å². The zero-order valence-electron chi connectivity index (χ0n) is 17.5. The zero-order chi connectivity index (χ0) is 22.5. The lowest BCUT2D eigenvalue weighted by Gasteiger charge is -2.14. The molecule has 0 atom stereocenters. The molecule has 0 saturated heterocycles. The Balaban J connectivity index is 1.64. The highest BCUT2D eigenvalue weighted by Gasteiger charge is 2.13. The normalized spacial score (nSPS) is 10.6. The Hall–Kier alpha value is -3.99. The summed E-state index contributed by atoms with van der Waals surface area (Å²) in [6.45, 7) is 0. The van der Waals surface area contributed by atoms with Crippen molar-refractivity contribution in [3.8, 4) is 23.5 Å². The van der Waals surface area contributed by atoms with E-state index in [2.05, 4.69) is 25.3 Å². The largest absolute Gasteiger partial charge is 0.480 e. The molecule has 1 aromatic carbocycles. The molecule has 4 rings (SSSR count). The lowest BCUT2D eigenvalue weighted by Crippen LogP contribution is -2.20. The first kappa shape index (κ1) is 21.2. The van der Waals surface area contributed by atoms with Crippen LogP contribution < -0.4 is 19.9 Å². The fraction of sp³-hybridized carbons (Fsp3) is 0.143. The van der Waals surface area contributed by atoms with Crippen LogP contribution in [-0.2, 0) is 0 Å². The molecule has 0 N–H and O–H groups in total. The number of benzene rings is 1. The third kappa shape index (κ3) is 5.01. The van der Waals surface area contributed by atoms with Gasteiger partial charge >= 0.3 is 6.01 Å². The van der Waals surface area contributed by atoms with Crippen molar-refractivity contribution in [1.82, 2.24) is 29.9 Å². The quantitative estimate of drug-likeness (QED) is 0.391. The predicted molar refractivity (Wildman–Crippen MR) is 119 cm³/mol. The molecule has 0 fully saturated rings. The number of hydrogen-bond acceptors (Lipinski definition) is 10. The van der Waals surface area contributed by atoms with E-state index in [-0.39, 0.29) is 17.4 Å². The Kier molecular flexibility index (Phi) is 6.26. The van der Waals surface area contributed by atoms with Crippen LogP contribution in [0.15, 0.2) is 75.5 Å². The van der Waals surface area contributed by atoms with Crippen LogP contribution in [0.1, 0.15) is 0 Å². The Morgan fingerprint density at radius 1 is 0.906 bits per heavy atom. The van der Waals surface area contributed by atoms with Gasteiger partial charge < -0.3 is 14.4 Å². The molecular weight excluding hydrogens is 430 g/mol. The fourth-order valence-corrected chi connectivity index (χ4v) is 3.31. The molecule has 162 valence electrons. The van der Waals surface area contributed by atoms with Crippen molar-refractivity contribution in [1.29, 1.82) is 0 Å². The van der Waals surface area contributed by atoms with Gasteiger partial charge in [-0.25, -0.2) is 0 Å². The van der Waals surface area contributed by atoms with Gasteiger partial charge in [0.1, 0.15) is 15.9 Å². The molecule has 11 heteroatoms. The summed E-state index contributed by atoms with van der Waals surface area (Å²) in [7, 11) is 5.26. The number of para-hydroxylation sites is 1. The standard InChI is InChI=1S/C21H19N7O3S/c1-27(2)15-13-19(32-18-11-9-16(30-3)24-25-18)23-21(22-15)31-17-10-12-20(29)28(26-17)14-7-5-4-6-8-14/h4-13H,1-3H3. The van der Waals surface area contributed by atoms with Crippen LogP contribution >= 0.6 is 11.8 Å². The maximum Gasteiger partial charge on any atom is 0.326 e. The van der Waals surface area contributed by atoms with E-state index in [4.69, 9.17) is 9.47 Å². The van der Waals surface area contributed by atoms with Gasteiger partial charge in [0.2, 0.25) is 11.8 Å². The third-order valence-electron chi connectivity index (χ3n) is 4.13. The van der Waals surface area contributed by atoms with Crippen molar-refractivity contribution < 1.29 is 9.47 Å². The highest BCUT2D eigenvalue weighted by atomic mass is 32.2. The summed E-state index contributed by atoms with van der Waals surface area (Å²) >= 11 is 1.30. The van der Waals surface area contributed by atoms with E-state index in [0.717, 1.165) is 0 Å². The van der Waals surface area contributed by atoms with Crippen molar-refractivity contribution in [2.24, 2.45) is 0 Å². The number of rotatable bonds is 7.